The number of Topliss-reactive ketones (excluding diaryl/α,β-unsaturated/α-hetero) is 1. The highest BCUT2D eigenvalue weighted by molar-refractivity contribution is 7.89. The fourth-order valence-corrected chi connectivity index (χ4v) is 3.85. The zero-order valence-electron chi connectivity index (χ0n) is 13.7. The zero-order chi connectivity index (χ0) is 16.8. The molecule has 1 atom stereocenters. The van der Waals surface area contributed by atoms with Crippen molar-refractivity contribution in [1.82, 2.24) is 9.62 Å². The lowest BCUT2D eigenvalue weighted by atomic mass is 10.1. The van der Waals surface area contributed by atoms with E-state index in [1.807, 2.05) is 13.8 Å². The number of amides is 1. The van der Waals surface area contributed by atoms with E-state index in [0.29, 0.717) is 38.1 Å². The first-order chi connectivity index (χ1) is 10.3. The zero-order valence-corrected chi connectivity index (χ0v) is 14.5. The molecule has 1 aliphatic heterocycles. The molecule has 0 bridgehead atoms. The number of hydrogen-bond donors (Lipinski definition) is 1. The fourth-order valence-electron chi connectivity index (χ4n) is 2.35. The van der Waals surface area contributed by atoms with E-state index in [1.165, 1.54) is 4.31 Å². The first-order valence-electron chi connectivity index (χ1n) is 7.90. The Labute approximate surface area is 133 Å². The van der Waals surface area contributed by atoms with Crippen molar-refractivity contribution in [1.29, 1.82) is 0 Å². The first kappa shape index (κ1) is 19.1. The van der Waals surface area contributed by atoms with E-state index in [0.717, 1.165) is 0 Å². The molecule has 1 saturated heterocycles. The third-order valence-corrected chi connectivity index (χ3v) is 5.59. The lowest BCUT2D eigenvalue weighted by Gasteiger charge is -2.19. The molecule has 7 heteroatoms. The van der Waals surface area contributed by atoms with Gasteiger partial charge >= 0.3 is 0 Å². The largest absolute Gasteiger partial charge is 0.346 e. The molecule has 1 fully saturated rings. The Hall–Kier alpha value is -0.950. The summed E-state index contributed by atoms with van der Waals surface area (Å²) in [5.74, 6) is -0.0508. The van der Waals surface area contributed by atoms with Crippen molar-refractivity contribution in [2.45, 2.75) is 52.5 Å². The number of sulfonamides is 1. The maximum absolute atomic E-state index is 12.2. The summed E-state index contributed by atoms with van der Waals surface area (Å²) in [7, 11) is -3.37. The van der Waals surface area contributed by atoms with Gasteiger partial charge in [-0.25, -0.2) is 8.42 Å². The van der Waals surface area contributed by atoms with Gasteiger partial charge in [0, 0.05) is 13.0 Å². The van der Waals surface area contributed by atoms with Crippen molar-refractivity contribution in [2.75, 3.05) is 18.8 Å². The number of hydrogen-bond acceptors (Lipinski definition) is 4. The Morgan fingerprint density at radius 1 is 1.45 bits per heavy atom. The van der Waals surface area contributed by atoms with Gasteiger partial charge in [0.05, 0.1) is 18.3 Å². The summed E-state index contributed by atoms with van der Waals surface area (Å²) in [6.07, 6.45) is 3.79. The Balaban J connectivity index is 2.60. The second kappa shape index (κ2) is 8.62. The summed E-state index contributed by atoms with van der Waals surface area (Å²) in [5, 5.41) is 2.70. The van der Waals surface area contributed by atoms with Crippen LogP contribution in [0.1, 0.15) is 46.5 Å². The Morgan fingerprint density at radius 3 is 2.73 bits per heavy atom. The van der Waals surface area contributed by atoms with E-state index in [9.17, 15) is 18.0 Å². The fraction of sp³-hybridized carbons (Fsp3) is 0.800. The minimum atomic E-state index is -3.37. The highest BCUT2D eigenvalue weighted by Gasteiger charge is 2.31. The van der Waals surface area contributed by atoms with Crippen molar-refractivity contribution in [2.24, 2.45) is 5.92 Å². The molecule has 0 saturated carbocycles. The van der Waals surface area contributed by atoms with E-state index < -0.39 is 16.1 Å². The average molecular weight is 331 g/mol. The summed E-state index contributed by atoms with van der Waals surface area (Å²) < 4.78 is 25.4. The van der Waals surface area contributed by atoms with E-state index in [1.54, 1.807) is 13.3 Å². The van der Waals surface area contributed by atoms with E-state index in [4.69, 9.17) is 0 Å². The standard InChI is InChI=1S/C15H27N2O4S/c1-4-10-22(20,21)17-9-5-6-13(14(18)11-17)16-15(19)8-7-12(2)3/h8,12-13H,4-7,9-11H2,1-3H3,(H,16,19)/t13-/m0/s1. The van der Waals surface area contributed by atoms with Crippen LogP contribution < -0.4 is 5.32 Å². The van der Waals surface area contributed by atoms with Crippen LogP contribution in [0, 0.1) is 12.3 Å². The molecule has 0 aliphatic carbocycles. The Morgan fingerprint density at radius 2 is 2.14 bits per heavy atom. The SMILES string of the molecule is CCCS(=O)(=O)N1CCC[C@H](NC(=O)[CH]CC(C)C)C(=O)C1. The average Bonchev–Trinajstić information content (AvgIpc) is 2.59. The number of nitrogens with one attached hydrogen (secondary N) is 1. The van der Waals surface area contributed by atoms with Crippen LogP contribution >= 0.6 is 0 Å². The van der Waals surface area contributed by atoms with Gasteiger partial charge in [-0.15, -0.1) is 0 Å². The maximum atomic E-state index is 12.2. The van der Waals surface area contributed by atoms with Gasteiger partial charge in [0.1, 0.15) is 0 Å². The van der Waals surface area contributed by atoms with Gasteiger partial charge in [0.25, 0.3) is 0 Å². The summed E-state index contributed by atoms with van der Waals surface area (Å²) in [5.41, 5.74) is 0. The number of rotatable bonds is 7. The second-order valence-electron chi connectivity index (χ2n) is 6.15. The highest BCUT2D eigenvalue weighted by atomic mass is 32.2. The summed E-state index contributed by atoms with van der Waals surface area (Å²) in [6, 6.07) is -0.585. The smallest absolute Gasteiger partial charge is 0.224 e. The molecule has 22 heavy (non-hydrogen) atoms. The molecule has 1 N–H and O–H groups in total. The third kappa shape index (κ3) is 6.04. The van der Waals surface area contributed by atoms with Gasteiger partial charge in [-0.2, -0.15) is 4.31 Å². The highest BCUT2D eigenvalue weighted by Crippen LogP contribution is 2.14. The van der Waals surface area contributed by atoms with Crippen LogP contribution in [0.4, 0.5) is 0 Å². The van der Waals surface area contributed by atoms with Crippen molar-refractivity contribution < 1.29 is 18.0 Å². The number of carbonyl (C=O) groups excluding carboxylic acids is 2. The lowest BCUT2D eigenvalue weighted by Crippen LogP contribution is -2.44. The van der Waals surface area contributed by atoms with Crippen LogP contribution in [0.5, 0.6) is 0 Å². The van der Waals surface area contributed by atoms with Crippen LogP contribution in [0.2, 0.25) is 0 Å². The van der Waals surface area contributed by atoms with Crippen molar-refractivity contribution >= 4 is 21.7 Å². The molecule has 0 aromatic carbocycles. The van der Waals surface area contributed by atoms with Crippen LogP contribution in [0.3, 0.4) is 0 Å². The normalized spacial score (nSPS) is 20.9. The van der Waals surface area contributed by atoms with Crippen molar-refractivity contribution in [3.05, 3.63) is 6.42 Å². The van der Waals surface area contributed by atoms with Gasteiger partial charge in [0.2, 0.25) is 15.9 Å². The molecule has 1 rings (SSSR count). The first-order valence-corrected chi connectivity index (χ1v) is 9.51. The molecular weight excluding hydrogens is 304 g/mol. The van der Waals surface area contributed by atoms with Crippen LogP contribution in [-0.4, -0.2) is 49.3 Å². The number of ketones is 1. The maximum Gasteiger partial charge on any atom is 0.224 e. The van der Waals surface area contributed by atoms with E-state index >= 15 is 0 Å². The van der Waals surface area contributed by atoms with Gasteiger partial charge in [-0.05, 0) is 31.6 Å². The van der Waals surface area contributed by atoms with Gasteiger partial charge < -0.3 is 5.32 Å². The molecule has 127 valence electrons. The monoisotopic (exact) mass is 331 g/mol. The van der Waals surface area contributed by atoms with E-state index in [-0.39, 0.29) is 24.0 Å². The van der Waals surface area contributed by atoms with Crippen LogP contribution in [-0.2, 0) is 19.6 Å². The van der Waals surface area contributed by atoms with Crippen molar-refractivity contribution in [3.8, 4) is 0 Å². The van der Waals surface area contributed by atoms with Crippen molar-refractivity contribution in [3.63, 3.8) is 0 Å². The summed E-state index contributed by atoms with van der Waals surface area (Å²) in [6.45, 7) is 6.02. The van der Waals surface area contributed by atoms with Gasteiger partial charge in [0.15, 0.2) is 5.78 Å². The van der Waals surface area contributed by atoms with Crippen LogP contribution in [0.25, 0.3) is 0 Å². The predicted molar refractivity (Wildman–Crippen MR) is 85.6 cm³/mol. The lowest BCUT2D eigenvalue weighted by molar-refractivity contribution is -0.126. The molecule has 1 radical (unpaired) electrons. The Kier molecular flexibility index (Phi) is 7.48. The molecule has 6 nitrogen and oxygen atoms in total. The number of carbonyl (C=O) groups is 2. The minimum absolute atomic E-state index is 0.0550. The molecule has 1 amide bonds. The Bertz CT molecular complexity index is 488. The minimum Gasteiger partial charge on any atom is -0.346 e. The quantitative estimate of drug-likeness (QED) is 0.758. The molecule has 0 aromatic rings. The molecule has 1 heterocycles. The summed E-state index contributed by atoms with van der Waals surface area (Å²) in [4.78, 5) is 24.0. The summed E-state index contributed by atoms with van der Waals surface area (Å²) >= 11 is 0. The van der Waals surface area contributed by atoms with E-state index in [2.05, 4.69) is 5.32 Å². The molecule has 0 aromatic heterocycles. The van der Waals surface area contributed by atoms with Gasteiger partial charge in [-0.3, -0.25) is 9.59 Å². The van der Waals surface area contributed by atoms with Crippen LogP contribution in [0.15, 0.2) is 0 Å². The molecule has 0 unspecified atom stereocenters. The molecular formula is C15H27N2O4S. The molecule has 1 aliphatic rings. The van der Waals surface area contributed by atoms with Gasteiger partial charge in [-0.1, -0.05) is 20.8 Å². The number of nitrogens with zero attached hydrogens (tertiary/aromatic N) is 1. The predicted octanol–water partition coefficient (Wildman–Crippen LogP) is 1.13. The third-order valence-electron chi connectivity index (χ3n) is 3.57. The topological polar surface area (TPSA) is 83.6 Å². The molecule has 0 spiro atoms. The second-order valence-corrected chi connectivity index (χ2v) is 8.24.